The predicted molar refractivity (Wildman–Crippen MR) is 112 cm³/mol. The van der Waals surface area contributed by atoms with Crippen LogP contribution in [0.4, 0.5) is 8.78 Å². The number of carboxylic acid groups (broad SMARTS) is 1. The molecule has 3 heterocycles. The number of hydrogen-bond acceptors (Lipinski definition) is 7. The number of amides is 2. The average molecular weight is 497 g/mol. The first kappa shape index (κ1) is 24.9. The number of sulfonamides is 1. The Kier molecular flexibility index (Phi) is 7.17. The fraction of sp³-hybridized carbons (Fsp3) is 0.722. The topological polar surface area (TPSA) is 145 Å². The molecule has 4 N–H and O–H groups in total. The number of aliphatic carboxylic acids is 1. The van der Waals surface area contributed by atoms with Crippen LogP contribution in [0.15, 0.2) is 10.6 Å². The lowest BCUT2D eigenvalue weighted by molar-refractivity contribution is -0.159. The number of carbonyl (C=O) groups is 3. The first-order valence-corrected chi connectivity index (χ1v) is 12.8. The number of nitrogens with zero attached hydrogens (tertiary/aromatic N) is 1. The van der Waals surface area contributed by atoms with E-state index < -0.39 is 52.2 Å². The molecule has 1 unspecified atom stereocenters. The number of carboxylic acids is 1. The summed E-state index contributed by atoms with van der Waals surface area (Å²) in [7, 11) is -3.33. The van der Waals surface area contributed by atoms with Crippen LogP contribution in [0.5, 0.6) is 0 Å². The molecule has 0 aromatic carbocycles. The van der Waals surface area contributed by atoms with E-state index in [9.17, 15) is 36.7 Å². The molecule has 0 saturated carbocycles. The van der Waals surface area contributed by atoms with Gasteiger partial charge in [0, 0.05) is 41.2 Å². The summed E-state index contributed by atoms with van der Waals surface area (Å²) in [5.74, 6) is -4.39. The van der Waals surface area contributed by atoms with E-state index in [1.165, 1.54) is 23.6 Å². The maximum atomic E-state index is 12.7. The quantitative estimate of drug-likeness (QED) is 0.314. The number of alkyl halides is 2. The molecule has 32 heavy (non-hydrogen) atoms. The summed E-state index contributed by atoms with van der Waals surface area (Å²) in [5.41, 5.74) is -0.112. The summed E-state index contributed by atoms with van der Waals surface area (Å²) in [4.78, 5) is 37.7. The third-order valence-corrected chi connectivity index (χ3v) is 8.17. The Labute approximate surface area is 188 Å². The molecule has 2 fully saturated rings. The molecule has 0 aliphatic carbocycles. The zero-order chi connectivity index (χ0) is 24.0. The van der Waals surface area contributed by atoms with Gasteiger partial charge in [-0.3, -0.25) is 9.59 Å². The Morgan fingerprint density at radius 2 is 2.03 bits per heavy atom. The lowest BCUT2D eigenvalue weighted by Crippen LogP contribution is -2.66. The number of fused-ring (bicyclic) bond motifs is 1. The lowest BCUT2D eigenvalue weighted by atomic mass is 9.78. The van der Waals surface area contributed by atoms with Gasteiger partial charge < -0.3 is 20.6 Å². The van der Waals surface area contributed by atoms with Gasteiger partial charge in [0.1, 0.15) is 5.70 Å². The molecule has 0 bridgehead atoms. The number of β-lactam (4-membered cyclic amide) rings is 1. The second kappa shape index (κ2) is 9.23. The van der Waals surface area contributed by atoms with Crippen molar-refractivity contribution in [2.45, 2.75) is 50.1 Å². The van der Waals surface area contributed by atoms with Crippen LogP contribution >= 0.6 is 11.8 Å². The van der Waals surface area contributed by atoms with Crippen LogP contribution in [-0.2, 0) is 24.4 Å². The van der Waals surface area contributed by atoms with E-state index in [4.69, 9.17) is 0 Å². The Bertz CT molecular complexity index is 944. The van der Waals surface area contributed by atoms with Crippen LogP contribution in [-0.4, -0.2) is 85.4 Å². The molecule has 2 saturated heterocycles. The van der Waals surface area contributed by atoms with E-state index in [1.54, 1.807) is 6.92 Å². The largest absolute Gasteiger partial charge is 0.477 e. The standard InChI is InChI=1S/C18H26F2N4O6S2/c1-7-12-11(8(2)23-16(25)15(19)20)17(26)24(12)13(18(27)28)14(7)31-10-4-9(21-6-10)5-22-32(3,29)30/h7-12,15,21-22H,4-6H2,1-3H3,(H,23,25)(H,27,28)/t7-,8?,9+,10+,11-,12-/m1/s1. The van der Waals surface area contributed by atoms with Crippen molar-refractivity contribution in [2.24, 2.45) is 11.8 Å². The summed E-state index contributed by atoms with van der Waals surface area (Å²) in [6.07, 6.45) is -1.54. The second-order valence-electron chi connectivity index (χ2n) is 8.33. The van der Waals surface area contributed by atoms with E-state index in [2.05, 4.69) is 15.4 Å². The Morgan fingerprint density at radius 3 is 2.59 bits per heavy atom. The van der Waals surface area contributed by atoms with Crippen LogP contribution < -0.4 is 15.4 Å². The van der Waals surface area contributed by atoms with E-state index in [1.807, 2.05) is 0 Å². The normalized spacial score (nSPS) is 31.0. The maximum Gasteiger partial charge on any atom is 0.353 e. The second-order valence-corrected chi connectivity index (χ2v) is 11.5. The van der Waals surface area contributed by atoms with Crippen LogP contribution in [0, 0.1) is 11.8 Å². The molecule has 10 nitrogen and oxygen atoms in total. The van der Waals surface area contributed by atoms with Crippen LogP contribution in [0.3, 0.4) is 0 Å². The van der Waals surface area contributed by atoms with Crippen molar-refractivity contribution >= 4 is 39.6 Å². The highest BCUT2D eigenvalue weighted by atomic mass is 32.2. The number of thioether (sulfide) groups is 1. The van der Waals surface area contributed by atoms with Crippen molar-refractivity contribution in [2.75, 3.05) is 19.3 Å². The molecule has 0 spiro atoms. The minimum atomic E-state index is -3.33. The Balaban J connectivity index is 1.70. The van der Waals surface area contributed by atoms with E-state index in [0.717, 1.165) is 6.26 Å². The van der Waals surface area contributed by atoms with Gasteiger partial charge in [-0.25, -0.2) is 17.9 Å². The summed E-state index contributed by atoms with van der Waals surface area (Å²) >= 11 is 1.34. The SMILES string of the molecule is CC(NC(=O)C(F)F)[C@H]1C(=O)N2C(C(=O)O)=C(S[C@@H]3CN[C@H](CNS(C)(=O)=O)C3)[C@H](C)[C@H]12. The van der Waals surface area contributed by atoms with E-state index in [0.29, 0.717) is 17.9 Å². The fourth-order valence-electron chi connectivity index (χ4n) is 4.53. The fourth-order valence-corrected chi connectivity index (χ4v) is 6.56. The van der Waals surface area contributed by atoms with Crippen molar-refractivity contribution < 1.29 is 36.7 Å². The molecule has 3 aliphatic rings. The minimum Gasteiger partial charge on any atom is -0.477 e. The van der Waals surface area contributed by atoms with Crippen LogP contribution in [0.25, 0.3) is 0 Å². The highest BCUT2D eigenvalue weighted by Crippen LogP contribution is 2.51. The van der Waals surface area contributed by atoms with Gasteiger partial charge in [-0.2, -0.15) is 8.78 Å². The molecule has 6 atom stereocenters. The van der Waals surface area contributed by atoms with Gasteiger partial charge in [0.15, 0.2) is 0 Å². The molecule has 0 aromatic rings. The highest BCUT2D eigenvalue weighted by Gasteiger charge is 2.60. The molecule has 180 valence electrons. The van der Waals surface area contributed by atoms with Crippen molar-refractivity contribution in [3.05, 3.63) is 10.6 Å². The number of carbonyl (C=O) groups excluding carboxylic acids is 2. The molecule has 2 amide bonds. The number of hydrogen-bond donors (Lipinski definition) is 4. The average Bonchev–Trinajstić information content (AvgIpc) is 3.21. The lowest BCUT2D eigenvalue weighted by Gasteiger charge is -2.47. The van der Waals surface area contributed by atoms with Crippen molar-refractivity contribution in [3.63, 3.8) is 0 Å². The smallest absolute Gasteiger partial charge is 0.353 e. The molecule has 14 heteroatoms. The van der Waals surface area contributed by atoms with Gasteiger partial charge in [-0.15, -0.1) is 11.8 Å². The zero-order valence-electron chi connectivity index (χ0n) is 17.7. The molecular formula is C18H26F2N4O6S2. The zero-order valence-corrected chi connectivity index (χ0v) is 19.3. The van der Waals surface area contributed by atoms with Crippen molar-refractivity contribution in [1.82, 2.24) is 20.3 Å². The van der Waals surface area contributed by atoms with Gasteiger partial charge in [0.05, 0.1) is 18.2 Å². The number of nitrogens with one attached hydrogen (secondary N) is 3. The highest BCUT2D eigenvalue weighted by molar-refractivity contribution is 8.03. The summed E-state index contributed by atoms with van der Waals surface area (Å²) < 4.78 is 50.2. The predicted octanol–water partition coefficient (Wildman–Crippen LogP) is -0.458. The third kappa shape index (κ3) is 4.92. The van der Waals surface area contributed by atoms with Gasteiger partial charge in [0.2, 0.25) is 15.9 Å². The first-order valence-electron chi connectivity index (χ1n) is 10.1. The Hall–Kier alpha value is -1.77. The molecule has 3 rings (SSSR count). The maximum absolute atomic E-state index is 12.7. The molecule has 0 aromatic heterocycles. The van der Waals surface area contributed by atoms with Crippen molar-refractivity contribution in [1.29, 1.82) is 0 Å². The van der Waals surface area contributed by atoms with E-state index in [-0.39, 0.29) is 29.5 Å². The van der Waals surface area contributed by atoms with Gasteiger partial charge >= 0.3 is 12.4 Å². The van der Waals surface area contributed by atoms with Gasteiger partial charge in [0.25, 0.3) is 5.91 Å². The summed E-state index contributed by atoms with van der Waals surface area (Å²) in [6.45, 7) is 3.99. The first-order chi connectivity index (χ1) is 14.8. The van der Waals surface area contributed by atoms with Crippen LogP contribution in [0.1, 0.15) is 20.3 Å². The third-order valence-electron chi connectivity index (χ3n) is 5.97. The summed E-state index contributed by atoms with van der Waals surface area (Å²) in [5, 5.41) is 15.1. The molecule has 3 aliphatic heterocycles. The van der Waals surface area contributed by atoms with Gasteiger partial charge in [-0.05, 0) is 13.3 Å². The van der Waals surface area contributed by atoms with Crippen molar-refractivity contribution in [3.8, 4) is 0 Å². The minimum absolute atomic E-state index is 0.0311. The van der Waals surface area contributed by atoms with E-state index >= 15 is 0 Å². The number of halogens is 2. The Morgan fingerprint density at radius 1 is 1.38 bits per heavy atom. The monoisotopic (exact) mass is 496 g/mol. The summed E-state index contributed by atoms with van der Waals surface area (Å²) in [6, 6.07) is -1.52. The number of rotatable bonds is 9. The molecule has 0 radical (unpaired) electrons. The molecular weight excluding hydrogens is 470 g/mol. The van der Waals surface area contributed by atoms with Gasteiger partial charge in [-0.1, -0.05) is 6.92 Å². The van der Waals surface area contributed by atoms with Crippen LogP contribution in [0.2, 0.25) is 0 Å².